The third kappa shape index (κ3) is 7.17. The van der Waals surface area contributed by atoms with Crippen LogP contribution in [0.4, 0.5) is 62.2 Å². The molecule has 2 aromatic heterocycles. The highest BCUT2D eigenvalue weighted by Crippen LogP contribution is 2.49. The van der Waals surface area contributed by atoms with Gasteiger partial charge in [-0.05, 0) is 46.3 Å². The summed E-state index contributed by atoms with van der Waals surface area (Å²) in [5.74, 6) is 0.173. The van der Waals surface area contributed by atoms with E-state index in [2.05, 4.69) is 25.9 Å². The average Bonchev–Trinajstić information content (AvgIpc) is 3.28. The molecule has 1 aromatic carbocycles. The van der Waals surface area contributed by atoms with Crippen LogP contribution >= 0.6 is 28.4 Å². The molecule has 0 saturated carbocycles. The van der Waals surface area contributed by atoms with Crippen molar-refractivity contribution in [3.63, 3.8) is 0 Å². The Bertz CT molecular complexity index is 1320. The lowest BCUT2D eigenvalue weighted by molar-refractivity contribution is -0.141. The van der Waals surface area contributed by atoms with E-state index in [1.165, 1.54) is 33.4 Å². The van der Waals surface area contributed by atoms with Crippen molar-refractivity contribution in [2.75, 3.05) is 38.2 Å². The molecule has 0 amide bonds. The third-order valence-electron chi connectivity index (χ3n) is 5.32. The number of nitrogens with zero attached hydrogens (tertiary/aromatic N) is 4. The Morgan fingerprint density at radius 2 is 1.77 bits per heavy atom. The molecule has 0 spiro atoms. The van der Waals surface area contributed by atoms with E-state index >= 15 is 0 Å². The molecular formula is C23H26F5IN7OPS. The van der Waals surface area contributed by atoms with Crippen LogP contribution in [-0.4, -0.2) is 40.1 Å². The molecule has 3 N–H and O–H groups in total. The van der Waals surface area contributed by atoms with Crippen LogP contribution in [0.1, 0.15) is 19.5 Å². The highest BCUT2D eigenvalue weighted by atomic mass is 127. The van der Waals surface area contributed by atoms with Gasteiger partial charge in [0.15, 0.2) is 12.0 Å². The Balaban J connectivity index is 0.00000205. The van der Waals surface area contributed by atoms with Crippen molar-refractivity contribution in [2.45, 2.75) is 32.6 Å². The lowest BCUT2D eigenvalue weighted by Gasteiger charge is -2.22. The van der Waals surface area contributed by atoms with Gasteiger partial charge in [0.05, 0.1) is 17.1 Å². The minimum atomic E-state index is -4.64. The van der Waals surface area contributed by atoms with Gasteiger partial charge in [-0.2, -0.15) is 13.2 Å². The first-order valence-corrected chi connectivity index (χ1v) is 17.1. The number of alkyl halides is 5. The van der Waals surface area contributed by atoms with Crippen molar-refractivity contribution in [1.29, 1.82) is 0 Å². The summed E-state index contributed by atoms with van der Waals surface area (Å²) in [6.45, 7) is 4.00. The van der Waals surface area contributed by atoms with Crippen LogP contribution in [0.25, 0.3) is 0 Å². The van der Waals surface area contributed by atoms with Crippen molar-refractivity contribution < 1.29 is 26.2 Å². The molecule has 0 saturated heterocycles. The van der Waals surface area contributed by atoms with E-state index in [1.807, 2.05) is 35.9 Å². The minimum absolute atomic E-state index is 0.0920. The second-order valence-corrected chi connectivity index (χ2v) is 11.2. The van der Waals surface area contributed by atoms with Gasteiger partial charge in [-0.25, -0.2) is 23.0 Å². The molecule has 16 heteroatoms. The van der Waals surface area contributed by atoms with Gasteiger partial charge in [0.25, 0.3) is 6.43 Å². The average molecular weight is 701 g/mol. The fraction of sp³-hybridized carbons (Fsp3) is 0.304. The molecule has 0 aliphatic carbocycles. The Hall–Kier alpha value is -2.52. The molecule has 0 radical (unpaired) electrons. The molecule has 212 valence electrons. The maximum Gasteiger partial charge on any atom is 0.433 e. The predicted molar refractivity (Wildman–Crippen MR) is 159 cm³/mol. The fourth-order valence-electron chi connectivity index (χ4n) is 3.55. The van der Waals surface area contributed by atoms with Gasteiger partial charge in [-0.3, -0.25) is 4.31 Å². The Morgan fingerprint density at radius 1 is 1.08 bits per heavy atom. The SMILES string of the molecule is CC.CN(c1ccccc1Nc1cc(Nc2cccc(C(F)(F)F)n2)nc2c1NC(C(F)F)N2PI)S(C)=O. The Labute approximate surface area is 240 Å². The molecule has 8 nitrogen and oxygen atoms in total. The molecular weight excluding hydrogens is 675 g/mol. The minimum Gasteiger partial charge on any atom is -0.356 e. The first-order valence-electron chi connectivity index (χ1n) is 11.5. The van der Waals surface area contributed by atoms with Gasteiger partial charge in [0.1, 0.15) is 34.0 Å². The number of aromatic nitrogens is 2. The zero-order valence-electron chi connectivity index (χ0n) is 21.1. The molecule has 0 fully saturated rings. The van der Waals surface area contributed by atoms with E-state index in [0.29, 0.717) is 22.7 Å². The lowest BCUT2D eigenvalue weighted by Crippen LogP contribution is -2.35. The van der Waals surface area contributed by atoms with E-state index in [1.54, 1.807) is 31.3 Å². The van der Waals surface area contributed by atoms with Gasteiger partial charge in [0, 0.05) is 25.7 Å². The number of nitrogens with one attached hydrogen (secondary N) is 3. The number of para-hydroxylation sites is 2. The standard InChI is InChI=1S/C21H20F5IN7OPS.C2H6/c1-33(37(2)35)13-7-4-3-6-11(13)28-12-10-16(30-15-9-5-8-14(29-15)21(24,25)26)31-19-17(12)32-20(18(22)23)34(19)36-27;1-2/h3-10,18,20,32,36H,1-2H3,(H2,28,29,30,31);1-2H3. The number of hydrogen-bond acceptors (Lipinski definition) is 7. The number of fused-ring (bicyclic) bond motifs is 1. The topological polar surface area (TPSA) is 85.4 Å². The monoisotopic (exact) mass is 701 g/mol. The van der Waals surface area contributed by atoms with E-state index in [4.69, 9.17) is 0 Å². The van der Waals surface area contributed by atoms with Crippen molar-refractivity contribution in [2.24, 2.45) is 0 Å². The first kappa shape index (κ1) is 31.0. The summed E-state index contributed by atoms with van der Waals surface area (Å²) in [4.78, 5) is 8.01. The van der Waals surface area contributed by atoms with Crippen LogP contribution < -0.4 is 24.9 Å². The highest BCUT2D eigenvalue weighted by Gasteiger charge is 2.38. The zero-order valence-corrected chi connectivity index (χ0v) is 25.1. The van der Waals surface area contributed by atoms with Gasteiger partial charge >= 0.3 is 6.18 Å². The second kappa shape index (κ2) is 13.2. The number of halogens is 6. The van der Waals surface area contributed by atoms with Crippen LogP contribution in [0.2, 0.25) is 0 Å². The number of benzene rings is 1. The molecule has 1 aliphatic heterocycles. The molecule has 3 unspecified atom stereocenters. The summed E-state index contributed by atoms with van der Waals surface area (Å²) in [7, 11) is 0.300. The number of rotatable bonds is 8. The third-order valence-corrected chi connectivity index (χ3v) is 8.52. The van der Waals surface area contributed by atoms with Gasteiger partial charge in [0.2, 0.25) is 0 Å². The molecule has 1 aliphatic rings. The first-order chi connectivity index (χ1) is 18.5. The smallest absolute Gasteiger partial charge is 0.356 e. The maximum atomic E-state index is 13.8. The summed E-state index contributed by atoms with van der Waals surface area (Å²) >= 11 is 1.96. The Kier molecular flexibility index (Phi) is 10.5. The van der Waals surface area contributed by atoms with E-state index < -0.39 is 35.4 Å². The molecule has 39 heavy (non-hydrogen) atoms. The molecule has 4 rings (SSSR count). The van der Waals surface area contributed by atoms with Crippen LogP contribution in [-0.2, 0) is 17.2 Å². The largest absolute Gasteiger partial charge is 0.433 e. The predicted octanol–water partition coefficient (Wildman–Crippen LogP) is 7.51. The summed E-state index contributed by atoms with van der Waals surface area (Å²) in [6, 6.07) is 11.8. The zero-order chi connectivity index (χ0) is 28.9. The quantitative estimate of drug-likeness (QED) is 0.128. The van der Waals surface area contributed by atoms with Crippen LogP contribution in [0.15, 0.2) is 48.5 Å². The normalized spacial score (nSPS) is 15.5. The maximum absolute atomic E-state index is 13.8. The van der Waals surface area contributed by atoms with Crippen LogP contribution in [0.5, 0.6) is 0 Å². The Morgan fingerprint density at radius 3 is 2.38 bits per heavy atom. The summed E-state index contributed by atoms with van der Waals surface area (Å²) < 4.78 is 82.1. The molecule has 3 heterocycles. The van der Waals surface area contributed by atoms with E-state index in [0.717, 1.165) is 6.07 Å². The number of anilines is 7. The van der Waals surface area contributed by atoms with Crippen molar-refractivity contribution >= 4 is 79.6 Å². The van der Waals surface area contributed by atoms with E-state index in [-0.39, 0.29) is 23.8 Å². The second-order valence-electron chi connectivity index (χ2n) is 7.73. The van der Waals surface area contributed by atoms with Gasteiger partial charge < -0.3 is 20.6 Å². The molecule has 3 atom stereocenters. The molecule has 0 bridgehead atoms. The fourth-order valence-corrected chi connectivity index (χ4v) is 6.10. The van der Waals surface area contributed by atoms with Crippen molar-refractivity contribution in [3.05, 3.63) is 54.2 Å². The van der Waals surface area contributed by atoms with Crippen molar-refractivity contribution in [1.82, 2.24) is 9.97 Å². The molecule has 3 aromatic rings. The van der Waals surface area contributed by atoms with Crippen LogP contribution in [0.3, 0.4) is 0 Å². The van der Waals surface area contributed by atoms with Gasteiger partial charge in [-0.1, -0.05) is 32.0 Å². The lowest BCUT2D eigenvalue weighted by atomic mass is 10.2. The van der Waals surface area contributed by atoms with Gasteiger partial charge in [-0.15, -0.1) is 0 Å². The highest BCUT2D eigenvalue weighted by molar-refractivity contribution is 14.2. The summed E-state index contributed by atoms with van der Waals surface area (Å²) in [5.41, 5.74) is 0.662. The number of pyridine rings is 2. The van der Waals surface area contributed by atoms with E-state index in [9.17, 15) is 26.2 Å². The van der Waals surface area contributed by atoms with Crippen LogP contribution in [0, 0.1) is 0 Å². The number of hydrogen-bond donors (Lipinski definition) is 3. The van der Waals surface area contributed by atoms with Crippen molar-refractivity contribution in [3.8, 4) is 0 Å². The summed E-state index contributed by atoms with van der Waals surface area (Å²) in [5, 5.41) is 8.74. The summed E-state index contributed by atoms with van der Waals surface area (Å²) in [6.07, 6.45) is -7.33.